The third-order valence-corrected chi connectivity index (χ3v) is 8.44. The summed E-state index contributed by atoms with van der Waals surface area (Å²) in [6.07, 6.45) is -1.32. The number of aromatic nitrogens is 1. The van der Waals surface area contributed by atoms with E-state index < -0.39 is 18.2 Å². The SMILES string of the molecule is CC(C)N(CCCNCC(O)c1ccc(O)c2[nH]c(=O)ccc12)C(=O)c1ccc(COc2cccc(C(NC(=O)O)c3ccccc3)c2)cc1. The molecule has 0 bridgehead atoms. The molecule has 11 heteroatoms. The van der Waals surface area contributed by atoms with Gasteiger partial charge in [0.15, 0.2) is 0 Å². The molecular weight excluding hydrogens is 636 g/mol. The average molecular weight is 679 g/mol. The molecule has 50 heavy (non-hydrogen) atoms. The van der Waals surface area contributed by atoms with Crippen molar-refractivity contribution in [3.8, 4) is 11.5 Å². The molecule has 0 saturated heterocycles. The standard InChI is InChI=1S/C39H42N4O7/c1-25(2)43(21-7-20-40-23-34(45)31-16-18-33(44)37-32(31)17-19-35(46)41-37)38(47)28-14-12-26(13-15-28)24-50-30-11-6-10-29(22-30)36(42-39(48)49)27-8-4-3-5-9-27/h3-6,8-19,22,25,34,36,40,42,44-45H,7,20-21,23-24H2,1-2H3,(H,41,46)(H,48,49). The molecule has 260 valence electrons. The molecule has 5 rings (SSSR count). The van der Waals surface area contributed by atoms with Crippen molar-refractivity contribution in [3.63, 3.8) is 0 Å². The Hall–Kier alpha value is -5.65. The molecule has 1 heterocycles. The summed E-state index contributed by atoms with van der Waals surface area (Å²) in [6.45, 7) is 5.56. The van der Waals surface area contributed by atoms with E-state index in [-0.39, 0.29) is 41.9 Å². The van der Waals surface area contributed by atoms with Crippen LogP contribution in [0, 0.1) is 0 Å². The van der Waals surface area contributed by atoms with Gasteiger partial charge in [0.05, 0.1) is 17.7 Å². The molecule has 1 aromatic heterocycles. The van der Waals surface area contributed by atoms with Gasteiger partial charge in [-0.05, 0) is 85.5 Å². The molecule has 6 N–H and O–H groups in total. The fourth-order valence-corrected chi connectivity index (χ4v) is 5.85. The number of phenolic OH excluding ortho intramolecular Hbond substituents is 1. The maximum Gasteiger partial charge on any atom is 0.405 e. The molecule has 0 saturated carbocycles. The van der Waals surface area contributed by atoms with Crippen LogP contribution in [0.3, 0.4) is 0 Å². The van der Waals surface area contributed by atoms with E-state index in [4.69, 9.17) is 4.74 Å². The van der Waals surface area contributed by atoms with E-state index in [9.17, 15) is 29.7 Å². The van der Waals surface area contributed by atoms with Gasteiger partial charge < -0.3 is 40.6 Å². The summed E-state index contributed by atoms with van der Waals surface area (Å²) in [5.41, 5.74) is 3.55. The van der Waals surface area contributed by atoms with Crippen LogP contribution in [-0.2, 0) is 6.61 Å². The second kappa shape index (κ2) is 16.6. The number of rotatable bonds is 15. The lowest BCUT2D eigenvalue weighted by atomic mass is 9.98. The van der Waals surface area contributed by atoms with Crippen molar-refractivity contribution < 1.29 is 29.6 Å². The number of carbonyl (C=O) groups is 2. The highest BCUT2D eigenvalue weighted by atomic mass is 16.5. The van der Waals surface area contributed by atoms with Crippen LogP contribution in [0.2, 0.25) is 0 Å². The van der Waals surface area contributed by atoms with Crippen LogP contribution < -0.4 is 20.9 Å². The molecule has 0 aliphatic carbocycles. The Morgan fingerprint density at radius 2 is 1.64 bits per heavy atom. The van der Waals surface area contributed by atoms with Crippen LogP contribution in [0.1, 0.15) is 65.0 Å². The first kappa shape index (κ1) is 35.7. The zero-order chi connectivity index (χ0) is 35.6. The smallest absolute Gasteiger partial charge is 0.405 e. The van der Waals surface area contributed by atoms with Crippen molar-refractivity contribution in [3.05, 3.63) is 141 Å². The molecule has 11 nitrogen and oxygen atoms in total. The van der Waals surface area contributed by atoms with Crippen molar-refractivity contribution in [1.29, 1.82) is 0 Å². The Bertz CT molecular complexity index is 1960. The van der Waals surface area contributed by atoms with Crippen LogP contribution in [0.4, 0.5) is 4.79 Å². The number of carboxylic acid groups (broad SMARTS) is 1. The zero-order valence-corrected chi connectivity index (χ0v) is 28.0. The number of aliphatic hydroxyl groups excluding tert-OH is 1. The normalized spacial score (nSPS) is 12.4. The number of hydrogen-bond acceptors (Lipinski definition) is 7. The van der Waals surface area contributed by atoms with Gasteiger partial charge in [-0.25, -0.2) is 4.79 Å². The zero-order valence-electron chi connectivity index (χ0n) is 28.0. The van der Waals surface area contributed by atoms with E-state index in [0.29, 0.717) is 41.8 Å². The largest absolute Gasteiger partial charge is 0.506 e. The predicted molar refractivity (Wildman–Crippen MR) is 192 cm³/mol. The summed E-state index contributed by atoms with van der Waals surface area (Å²) in [5, 5.41) is 36.7. The highest BCUT2D eigenvalue weighted by molar-refractivity contribution is 5.94. The second-order valence-electron chi connectivity index (χ2n) is 12.3. The first-order chi connectivity index (χ1) is 24.1. The van der Waals surface area contributed by atoms with Crippen LogP contribution in [0.25, 0.3) is 10.9 Å². The van der Waals surface area contributed by atoms with Crippen molar-refractivity contribution in [2.24, 2.45) is 0 Å². The number of aliphatic hydroxyl groups is 1. The van der Waals surface area contributed by atoms with Gasteiger partial charge in [0.25, 0.3) is 5.91 Å². The number of amides is 2. The Balaban J connectivity index is 1.12. The van der Waals surface area contributed by atoms with Gasteiger partial charge in [-0.1, -0.05) is 60.7 Å². The molecule has 0 aliphatic rings. The van der Waals surface area contributed by atoms with Gasteiger partial charge in [0.2, 0.25) is 5.56 Å². The Kier molecular flexibility index (Phi) is 11.9. The summed E-state index contributed by atoms with van der Waals surface area (Å²) in [5.74, 6) is 0.453. The lowest BCUT2D eigenvalue weighted by molar-refractivity contribution is 0.0702. The number of benzene rings is 4. The third kappa shape index (κ3) is 9.07. The third-order valence-electron chi connectivity index (χ3n) is 8.44. The van der Waals surface area contributed by atoms with Crippen LogP contribution in [0.5, 0.6) is 11.5 Å². The molecule has 0 fully saturated rings. The molecule has 4 aromatic carbocycles. The fraction of sp³-hybridized carbons (Fsp3) is 0.256. The van der Waals surface area contributed by atoms with Gasteiger partial charge in [-0.3, -0.25) is 9.59 Å². The summed E-state index contributed by atoms with van der Waals surface area (Å²) < 4.78 is 6.04. The van der Waals surface area contributed by atoms with Crippen LogP contribution in [0.15, 0.2) is 108 Å². The topological polar surface area (TPSA) is 164 Å². The number of fused-ring (bicyclic) bond motifs is 1. The summed E-state index contributed by atoms with van der Waals surface area (Å²) >= 11 is 0. The number of H-pyrrole nitrogens is 1. The van der Waals surface area contributed by atoms with E-state index in [1.807, 2.05) is 85.5 Å². The number of phenols is 1. The van der Waals surface area contributed by atoms with Gasteiger partial charge in [0, 0.05) is 36.1 Å². The maximum atomic E-state index is 13.4. The molecule has 5 aromatic rings. The van der Waals surface area contributed by atoms with Crippen molar-refractivity contribution in [2.75, 3.05) is 19.6 Å². The summed E-state index contributed by atoms with van der Waals surface area (Å²) in [4.78, 5) is 41.1. The van der Waals surface area contributed by atoms with Crippen LogP contribution >= 0.6 is 0 Å². The molecule has 2 atom stereocenters. The molecule has 0 spiro atoms. The lowest BCUT2D eigenvalue weighted by Gasteiger charge is -2.27. The van der Waals surface area contributed by atoms with Gasteiger partial charge in [-0.2, -0.15) is 0 Å². The van der Waals surface area contributed by atoms with E-state index in [2.05, 4.69) is 15.6 Å². The van der Waals surface area contributed by atoms with Gasteiger partial charge in [-0.15, -0.1) is 0 Å². The quantitative estimate of drug-likeness (QED) is 0.0765. The predicted octanol–water partition coefficient (Wildman–Crippen LogP) is 5.73. The first-order valence-corrected chi connectivity index (χ1v) is 16.5. The van der Waals surface area contributed by atoms with Crippen molar-refractivity contribution in [1.82, 2.24) is 20.5 Å². The number of aromatic amines is 1. The number of pyridine rings is 1. The molecule has 0 aliphatic heterocycles. The molecule has 2 unspecified atom stereocenters. The highest BCUT2D eigenvalue weighted by Gasteiger charge is 2.20. The molecular formula is C39H42N4O7. The van der Waals surface area contributed by atoms with E-state index in [0.717, 1.165) is 16.7 Å². The number of nitrogens with zero attached hydrogens (tertiary/aromatic N) is 1. The average Bonchev–Trinajstić information content (AvgIpc) is 3.11. The number of nitrogens with one attached hydrogen (secondary N) is 3. The number of ether oxygens (including phenoxy) is 1. The monoisotopic (exact) mass is 678 g/mol. The van der Waals surface area contributed by atoms with Gasteiger partial charge >= 0.3 is 6.09 Å². The Morgan fingerprint density at radius 3 is 2.36 bits per heavy atom. The number of carbonyl (C=O) groups excluding carboxylic acids is 1. The number of aromatic hydroxyl groups is 1. The minimum absolute atomic E-state index is 0.0239. The lowest BCUT2D eigenvalue weighted by Crippen LogP contribution is -2.39. The van der Waals surface area contributed by atoms with Crippen LogP contribution in [-0.4, -0.2) is 62.9 Å². The highest BCUT2D eigenvalue weighted by Crippen LogP contribution is 2.29. The minimum Gasteiger partial charge on any atom is -0.506 e. The molecule has 2 amide bonds. The number of hydrogen-bond donors (Lipinski definition) is 6. The fourth-order valence-electron chi connectivity index (χ4n) is 5.85. The summed E-state index contributed by atoms with van der Waals surface area (Å²) in [7, 11) is 0. The van der Waals surface area contributed by atoms with E-state index in [1.165, 1.54) is 12.1 Å². The Morgan fingerprint density at radius 1 is 0.900 bits per heavy atom. The van der Waals surface area contributed by atoms with Crippen molar-refractivity contribution in [2.45, 2.75) is 45.1 Å². The summed E-state index contributed by atoms with van der Waals surface area (Å²) in [6, 6.07) is 29.4. The van der Waals surface area contributed by atoms with Gasteiger partial charge in [0.1, 0.15) is 18.1 Å². The van der Waals surface area contributed by atoms with E-state index in [1.54, 1.807) is 24.3 Å². The maximum absolute atomic E-state index is 13.4. The Labute approximate surface area is 290 Å². The van der Waals surface area contributed by atoms with Crippen molar-refractivity contribution >= 4 is 22.9 Å². The second-order valence-corrected chi connectivity index (χ2v) is 12.3. The van der Waals surface area contributed by atoms with E-state index >= 15 is 0 Å². The molecule has 0 radical (unpaired) electrons. The minimum atomic E-state index is -1.12. The first-order valence-electron chi connectivity index (χ1n) is 16.5.